The summed E-state index contributed by atoms with van der Waals surface area (Å²) in [6, 6.07) is 6.07. The lowest BCUT2D eigenvalue weighted by molar-refractivity contribution is 0.355. The van der Waals surface area contributed by atoms with Crippen LogP contribution in [-0.4, -0.2) is 38.8 Å². The summed E-state index contributed by atoms with van der Waals surface area (Å²) in [7, 11) is 3.33. The summed E-state index contributed by atoms with van der Waals surface area (Å²) in [6.45, 7) is 2.89. The average Bonchev–Trinajstić information content (AvgIpc) is 2.73. The SMILES string of the molecule is COc1ccc(C2=CCN3C=C(C4=CCNCC4)C=CC3=C2)cc1OC. The van der Waals surface area contributed by atoms with Gasteiger partial charge in [-0.3, -0.25) is 0 Å². The highest BCUT2D eigenvalue weighted by Crippen LogP contribution is 2.34. The molecule has 3 heterocycles. The molecule has 3 aliphatic heterocycles. The topological polar surface area (TPSA) is 33.7 Å². The van der Waals surface area contributed by atoms with Crippen molar-refractivity contribution in [2.75, 3.05) is 33.9 Å². The molecule has 4 nitrogen and oxygen atoms in total. The maximum atomic E-state index is 5.44. The van der Waals surface area contributed by atoms with Crippen LogP contribution in [0.5, 0.6) is 11.5 Å². The minimum atomic E-state index is 0.752. The highest BCUT2D eigenvalue weighted by atomic mass is 16.5. The molecule has 3 aliphatic rings. The number of allylic oxidation sites excluding steroid dienone is 5. The minimum absolute atomic E-state index is 0.752. The van der Waals surface area contributed by atoms with Crippen LogP contribution >= 0.6 is 0 Å². The van der Waals surface area contributed by atoms with Gasteiger partial charge in [-0.25, -0.2) is 0 Å². The van der Waals surface area contributed by atoms with Gasteiger partial charge in [-0.05, 0) is 59.5 Å². The Balaban J connectivity index is 1.57. The lowest BCUT2D eigenvalue weighted by Crippen LogP contribution is -2.24. The summed E-state index contributed by atoms with van der Waals surface area (Å²) in [5.74, 6) is 1.51. The highest BCUT2D eigenvalue weighted by molar-refractivity contribution is 5.78. The third-order valence-electron chi connectivity index (χ3n) is 5.02. The van der Waals surface area contributed by atoms with Gasteiger partial charge in [0.25, 0.3) is 0 Å². The number of hydrogen-bond donors (Lipinski definition) is 1. The van der Waals surface area contributed by atoms with Crippen LogP contribution in [0.1, 0.15) is 12.0 Å². The van der Waals surface area contributed by atoms with Gasteiger partial charge < -0.3 is 19.7 Å². The second kappa shape index (κ2) is 7.26. The van der Waals surface area contributed by atoms with E-state index in [1.165, 1.54) is 22.4 Å². The number of nitrogens with zero attached hydrogens (tertiary/aromatic N) is 1. The Labute approximate surface area is 154 Å². The van der Waals surface area contributed by atoms with E-state index in [1.54, 1.807) is 14.2 Å². The van der Waals surface area contributed by atoms with Crippen molar-refractivity contribution >= 4 is 5.57 Å². The van der Waals surface area contributed by atoms with E-state index in [0.29, 0.717) is 0 Å². The van der Waals surface area contributed by atoms with Gasteiger partial charge in [-0.2, -0.15) is 0 Å². The number of fused-ring (bicyclic) bond motifs is 1. The summed E-state index contributed by atoms with van der Waals surface area (Å²) >= 11 is 0. The highest BCUT2D eigenvalue weighted by Gasteiger charge is 2.18. The third kappa shape index (κ3) is 3.20. The molecule has 26 heavy (non-hydrogen) atoms. The van der Waals surface area contributed by atoms with Crippen LogP contribution in [0, 0.1) is 0 Å². The predicted octanol–water partition coefficient (Wildman–Crippen LogP) is 3.66. The normalized spacial score (nSPS) is 19.1. The molecule has 4 rings (SSSR count). The van der Waals surface area contributed by atoms with Gasteiger partial charge in [0.2, 0.25) is 0 Å². The molecule has 0 saturated carbocycles. The van der Waals surface area contributed by atoms with Crippen molar-refractivity contribution < 1.29 is 9.47 Å². The number of ether oxygens (including phenoxy) is 2. The first kappa shape index (κ1) is 16.7. The standard InChI is InChI=1S/C22H24N2O2/c1-25-21-6-4-17(14-22(21)26-2)18-9-12-24-15-19(3-5-20(24)13-18)16-7-10-23-11-8-16/h3-7,9,13-15,23H,8,10-12H2,1-2H3. The first-order valence-electron chi connectivity index (χ1n) is 8.99. The van der Waals surface area contributed by atoms with Crippen LogP contribution in [0.3, 0.4) is 0 Å². The molecule has 0 unspecified atom stereocenters. The minimum Gasteiger partial charge on any atom is -0.493 e. The van der Waals surface area contributed by atoms with Crippen molar-refractivity contribution in [3.05, 3.63) is 77.2 Å². The van der Waals surface area contributed by atoms with Crippen molar-refractivity contribution in [3.8, 4) is 11.5 Å². The second-order valence-electron chi connectivity index (χ2n) is 6.55. The molecule has 0 radical (unpaired) electrons. The second-order valence-corrected chi connectivity index (χ2v) is 6.55. The van der Waals surface area contributed by atoms with Crippen LogP contribution in [-0.2, 0) is 0 Å². The molecule has 0 atom stereocenters. The van der Waals surface area contributed by atoms with Gasteiger partial charge in [0, 0.05) is 25.0 Å². The predicted molar refractivity (Wildman–Crippen MR) is 105 cm³/mol. The largest absolute Gasteiger partial charge is 0.493 e. The Hall–Kier alpha value is -2.72. The zero-order valence-corrected chi connectivity index (χ0v) is 15.3. The van der Waals surface area contributed by atoms with E-state index in [1.807, 2.05) is 12.1 Å². The van der Waals surface area contributed by atoms with Gasteiger partial charge in [-0.1, -0.05) is 24.3 Å². The van der Waals surface area contributed by atoms with E-state index >= 15 is 0 Å². The average molecular weight is 348 g/mol. The first-order chi connectivity index (χ1) is 12.8. The Kier molecular flexibility index (Phi) is 4.67. The van der Waals surface area contributed by atoms with E-state index in [0.717, 1.165) is 43.1 Å². The van der Waals surface area contributed by atoms with Crippen molar-refractivity contribution in [1.29, 1.82) is 0 Å². The maximum absolute atomic E-state index is 5.44. The van der Waals surface area contributed by atoms with Crippen LogP contribution in [0.4, 0.5) is 0 Å². The van der Waals surface area contributed by atoms with E-state index < -0.39 is 0 Å². The fourth-order valence-corrected chi connectivity index (χ4v) is 3.55. The summed E-state index contributed by atoms with van der Waals surface area (Å²) in [5, 5.41) is 3.37. The van der Waals surface area contributed by atoms with E-state index in [4.69, 9.17) is 9.47 Å². The summed E-state index contributed by atoms with van der Waals surface area (Å²) in [6.07, 6.45) is 14.6. The van der Waals surface area contributed by atoms with Crippen LogP contribution in [0.25, 0.3) is 5.57 Å². The quantitative estimate of drug-likeness (QED) is 0.900. The number of methoxy groups -OCH3 is 2. The van der Waals surface area contributed by atoms with Gasteiger partial charge in [-0.15, -0.1) is 0 Å². The number of benzene rings is 1. The van der Waals surface area contributed by atoms with Gasteiger partial charge >= 0.3 is 0 Å². The lowest BCUT2D eigenvalue weighted by Gasteiger charge is -2.30. The van der Waals surface area contributed by atoms with Crippen molar-refractivity contribution in [2.45, 2.75) is 6.42 Å². The molecule has 0 aliphatic carbocycles. The molecular formula is C22H24N2O2. The van der Waals surface area contributed by atoms with E-state index in [-0.39, 0.29) is 0 Å². The molecule has 0 fully saturated rings. The molecule has 0 aromatic heterocycles. The number of nitrogens with one attached hydrogen (secondary N) is 1. The zero-order chi connectivity index (χ0) is 17.9. The number of hydrogen-bond acceptors (Lipinski definition) is 4. The summed E-state index contributed by atoms with van der Waals surface area (Å²) in [4.78, 5) is 2.31. The van der Waals surface area contributed by atoms with Crippen LogP contribution in [0.15, 0.2) is 71.6 Å². The van der Waals surface area contributed by atoms with E-state index in [9.17, 15) is 0 Å². The molecule has 0 amide bonds. The fraction of sp³-hybridized carbons (Fsp3) is 0.273. The smallest absolute Gasteiger partial charge is 0.161 e. The molecule has 0 spiro atoms. The van der Waals surface area contributed by atoms with E-state index in [2.05, 4.69) is 52.9 Å². The Morgan fingerprint density at radius 2 is 1.88 bits per heavy atom. The molecular weight excluding hydrogens is 324 g/mol. The fourth-order valence-electron chi connectivity index (χ4n) is 3.55. The molecule has 1 N–H and O–H groups in total. The number of rotatable bonds is 4. The van der Waals surface area contributed by atoms with Crippen LogP contribution in [0.2, 0.25) is 0 Å². The van der Waals surface area contributed by atoms with Crippen molar-refractivity contribution in [3.63, 3.8) is 0 Å². The van der Waals surface area contributed by atoms with Gasteiger partial charge in [0.15, 0.2) is 11.5 Å². The summed E-state index contributed by atoms with van der Waals surface area (Å²) < 4.78 is 10.8. The Morgan fingerprint density at radius 3 is 2.65 bits per heavy atom. The Morgan fingerprint density at radius 1 is 1.00 bits per heavy atom. The van der Waals surface area contributed by atoms with Gasteiger partial charge in [0.05, 0.1) is 14.2 Å². The molecule has 4 heteroatoms. The monoisotopic (exact) mass is 348 g/mol. The maximum Gasteiger partial charge on any atom is 0.161 e. The molecule has 0 bridgehead atoms. The molecule has 1 aromatic rings. The molecule has 0 saturated heterocycles. The Bertz CT molecular complexity index is 859. The molecule has 1 aromatic carbocycles. The molecule has 134 valence electrons. The van der Waals surface area contributed by atoms with Gasteiger partial charge in [0.1, 0.15) is 0 Å². The zero-order valence-electron chi connectivity index (χ0n) is 15.3. The lowest BCUT2D eigenvalue weighted by atomic mass is 9.95. The van der Waals surface area contributed by atoms with Crippen molar-refractivity contribution in [2.24, 2.45) is 0 Å². The summed E-state index contributed by atoms with van der Waals surface area (Å²) in [5.41, 5.74) is 6.33. The first-order valence-corrected chi connectivity index (χ1v) is 8.99. The van der Waals surface area contributed by atoms with Crippen molar-refractivity contribution in [1.82, 2.24) is 10.2 Å². The van der Waals surface area contributed by atoms with Crippen LogP contribution < -0.4 is 14.8 Å². The third-order valence-corrected chi connectivity index (χ3v) is 5.02.